The Morgan fingerprint density at radius 3 is 2.69 bits per heavy atom. The molecule has 0 aromatic heterocycles. The second kappa shape index (κ2) is 9.54. The van der Waals surface area contributed by atoms with Crippen molar-refractivity contribution in [1.82, 2.24) is 10.2 Å². The highest BCUT2D eigenvalue weighted by atomic mass is 16.5. The molecule has 0 aliphatic carbocycles. The molecule has 29 heavy (non-hydrogen) atoms. The number of fused-ring (bicyclic) bond motifs is 1. The van der Waals surface area contributed by atoms with Gasteiger partial charge in [0.15, 0.2) is 6.61 Å². The predicted octanol–water partition coefficient (Wildman–Crippen LogP) is 3.24. The number of carbonyl (C=O) groups is 1. The first-order valence-corrected chi connectivity index (χ1v) is 10.0. The molecular formula is C24H26N2O3. The van der Waals surface area contributed by atoms with Crippen molar-refractivity contribution in [3.05, 3.63) is 78.4 Å². The van der Waals surface area contributed by atoms with Crippen molar-refractivity contribution in [2.45, 2.75) is 12.6 Å². The van der Waals surface area contributed by atoms with Crippen LogP contribution < -0.4 is 10.1 Å². The van der Waals surface area contributed by atoms with Crippen molar-refractivity contribution in [3.8, 4) is 5.75 Å². The standard InChI is InChI=1S/C24H26N2O3/c27-24(18-29-22-11-10-20-8-4-5-9-21(20)14-22)25-15-23-17-26(12-13-28-23)16-19-6-2-1-3-7-19/h1-11,14,23H,12-13,15-18H2,(H,25,27)/t23-/m0/s1. The molecule has 1 saturated heterocycles. The van der Waals surface area contributed by atoms with E-state index in [1.165, 1.54) is 5.56 Å². The summed E-state index contributed by atoms with van der Waals surface area (Å²) in [6.45, 7) is 3.79. The van der Waals surface area contributed by atoms with Gasteiger partial charge in [0.1, 0.15) is 5.75 Å². The smallest absolute Gasteiger partial charge is 0.258 e. The van der Waals surface area contributed by atoms with Gasteiger partial charge < -0.3 is 14.8 Å². The Labute approximate surface area is 171 Å². The summed E-state index contributed by atoms with van der Waals surface area (Å²) in [6.07, 6.45) is -0.00270. The maximum atomic E-state index is 12.2. The maximum Gasteiger partial charge on any atom is 0.258 e. The molecule has 0 bridgehead atoms. The molecule has 150 valence electrons. The van der Waals surface area contributed by atoms with Crippen molar-refractivity contribution < 1.29 is 14.3 Å². The van der Waals surface area contributed by atoms with Gasteiger partial charge in [-0.05, 0) is 28.5 Å². The van der Waals surface area contributed by atoms with Crippen LogP contribution >= 0.6 is 0 Å². The van der Waals surface area contributed by atoms with Gasteiger partial charge in [0.05, 0.1) is 12.7 Å². The van der Waals surface area contributed by atoms with Crippen molar-refractivity contribution in [2.24, 2.45) is 0 Å². The molecule has 1 aliphatic rings. The minimum atomic E-state index is -0.137. The predicted molar refractivity (Wildman–Crippen MR) is 114 cm³/mol. The zero-order chi connectivity index (χ0) is 19.9. The zero-order valence-electron chi connectivity index (χ0n) is 16.4. The summed E-state index contributed by atoms with van der Waals surface area (Å²) in [6, 6.07) is 24.3. The van der Waals surface area contributed by atoms with E-state index in [1.54, 1.807) is 0 Å². The lowest BCUT2D eigenvalue weighted by atomic mass is 10.1. The number of hydrogen-bond donors (Lipinski definition) is 1. The minimum absolute atomic E-state index is 0.00120. The highest BCUT2D eigenvalue weighted by molar-refractivity contribution is 5.84. The number of benzene rings is 3. The number of nitrogens with zero attached hydrogens (tertiary/aromatic N) is 1. The summed E-state index contributed by atoms with van der Waals surface area (Å²) in [5.41, 5.74) is 1.29. The van der Waals surface area contributed by atoms with Gasteiger partial charge in [0.25, 0.3) is 5.91 Å². The summed E-state index contributed by atoms with van der Waals surface area (Å²) in [7, 11) is 0. The summed E-state index contributed by atoms with van der Waals surface area (Å²) in [4.78, 5) is 14.6. The molecule has 0 spiro atoms. The molecule has 1 atom stereocenters. The van der Waals surface area contributed by atoms with E-state index in [2.05, 4.69) is 40.5 Å². The van der Waals surface area contributed by atoms with Crippen LogP contribution in [-0.4, -0.2) is 49.8 Å². The molecule has 3 aromatic rings. The molecule has 0 saturated carbocycles. The molecule has 1 fully saturated rings. The molecule has 5 heteroatoms. The second-order valence-electron chi connectivity index (χ2n) is 7.32. The van der Waals surface area contributed by atoms with Crippen LogP contribution in [0.15, 0.2) is 72.8 Å². The van der Waals surface area contributed by atoms with Crippen LogP contribution in [0.2, 0.25) is 0 Å². The Morgan fingerprint density at radius 2 is 1.83 bits per heavy atom. The number of nitrogens with one attached hydrogen (secondary N) is 1. The number of ether oxygens (including phenoxy) is 2. The van der Waals surface area contributed by atoms with Gasteiger partial charge in [0, 0.05) is 26.2 Å². The maximum absolute atomic E-state index is 12.2. The van der Waals surface area contributed by atoms with Crippen LogP contribution in [0, 0.1) is 0 Å². The van der Waals surface area contributed by atoms with Crippen molar-refractivity contribution >= 4 is 16.7 Å². The van der Waals surface area contributed by atoms with Gasteiger partial charge in [-0.15, -0.1) is 0 Å². The lowest BCUT2D eigenvalue weighted by molar-refractivity contribution is -0.124. The van der Waals surface area contributed by atoms with Crippen LogP contribution in [0.25, 0.3) is 10.8 Å². The first-order chi connectivity index (χ1) is 14.3. The van der Waals surface area contributed by atoms with Crippen LogP contribution in [0.3, 0.4) is 0 Å². The molecular weight excluding hydrogens is 364 g/mol. The summed E-state index contributed by atoms with van der Waals surface area (Å²) in [5.74, 6) is 0.559. The van der Waals surface area contributed by atoms with E-state index in [4.69, 9.17) is 9.47 Å². The van der Waals surface area contributed by atoms with Gasteiger partial charge in [0.2, 0.25) is 0 Å². The lowest BCUT2D eigenvalue weighted by Gasteiger charge is -2.33. The summed E-state index contributed by atoms with van der Waals surface area (Å²) < 4.78 is 11.5. The number of rotatable bonds is 7. The van der Waals surface area contributed by atoms with Gasteiger partial charge >= 0.3 is 0 Å². The molecule has 1 aliphatic heterocycles. The minimum Gasteiger partial charge on any atom is -0.484 e. The van der Waals surface area contributed by atoms with Crippen LogP contribution in [0.5, 0.6) is 5.75 Å². The number of hydrogen-bond acceptors (Lipinski definition) is 4. The molecule has 3 aromatic carbocycles. The molecule has 1 N–H and O–H groups in total. The van der Waals surface area contributed by atoms with Crippen molar-refractivity contribution in [2.75, 3.05) is 32.8 Å². The van der Waals surface area contributed by atoms with Gasteiger partial charge in [-0.1, -0.05) is 60.7 Å². The first kappa shape index (κ1) is 19.4. The third-order valence-corrected chi connectivity index (χ3v) is 5.09. The van der Waals surface area contributed by atoms with Crippen LogP contribution in [0.4, 0.5) is 0 Å². The fourth-order valence-electron chi connectivity index (χ4n) is 3.57. The lowest BCUT2D eigenvalue weighted by Crippen LogP contribution is -2.47. The normalized spacial score (nSPS) is 17.2. The van der Waals surface area contributed by atoms with E-state index in [1.807, 2.05) is 42.5 Å². The average Bonchev–Trinajstić information content (AvgIpc) is 2.77. The fourth-order valence-corrected chi connectivity index (χ4v) is 3.57. The van der Waals surface area contributed by atoms with Crippen LogP contribution in [-0.2, 0) is 16.1 Å². The third-order valence-electron chi connectivity index (χ3n) is 5.09. The molecule has 1 amide bonds. The highest BCUT2D eigenvalue weighted by Crippen LogP contribution is 2.20. The quantitative estimate of drug-likeness (QED) is 0.673. The number of amides is 1. The summed E-state index contributed by atoms with van der Waals surface area (Å²) in [5, 5.41) is 5.18. The number of carbonyl (C=O) groups excluding carboxylic acids is 1. The average molecular weight is 390 g/mol. The van der Waals surface area contributed by atoms with E-state index < -0.39 is 0 Å². The Kier molecular flexibility index (Phi) is 6.39. The van der Waals surface area contributed by atoms with E-state index in [-0.39, 0.29) is 18.6 Å². The van der Waals surface area contributed by atoms with Crippen molar-refractivity contribution in [3.63, 3.8) is 0 Å². The van der Waals surface area contributed by atoms with E-state index in [0.717, 1.165) is 30.4 Å². The Morgan fingerprint density at radius 1 is 1.03 bits per heavy atom. The van der Waals surface area contributed by atoms with E-state index >= 15 is 0 Å². The molecule has 4 rings (SSSR count). The van der Waals surface area contributed by atoms with E-state index in [9.17, 15) is 4.79 Å². The van der Waals surface area contributed by atoms with Gasteiger partial charge in [-0.3, -0.25) is 9.69 Å². The monoisotopic (exact) mass is 390 g/mol. The Bertz CT molecular complexity index is 945. The molecule has 1 heterocycles. The topological polar surface area (TPSA) is 50.8 Å². The van der Waals surface area contributed by atoms with Gasteiger partial charge in [-0.25, -0.2) is 0 Å². The fraction of sp³-hybridized carbons (Fsp3) is 0.292. The first-order valence-electron chi connectivity index (χ1n) is 10.0. The summed E-state index contributed by atoms with van der Waals surface area (Å²) >= 11 is 0. The van der Waals surface area contributed by atoms with Gasteiger partial charge in [-0.2, -0.15) is 0 Å². The Hall–Kier alpha value is -2.89. The highest BCUT2D eigenvalue weighted by Gasteiger charge is 2.21. The second-order valence-corrected chi connectivity index (χ2v) is 7.32. The Balaban J connectivity index is 1.21. The van der Waals surface area contributed by atoms with Crippen molar-refractivity contribution in [1.29, 1.82) is 0 Å². The molecule has 0 unspecified atom stereocenters. The van der Waals surface area contributed by atoms with E-state index in [0.29, 0.717) is 18.9 Å². The molecule has 5 nitrogen and oxygen atoms in total. The van der Waals surface area contributed by atoms with Crippen LogP contribution in [0.1, 0.15) is 5.56 Å². The number of morpholine rings is 1. The SMILES string of the molecule is O=C(COc1ccc2ccccc2c1)NC[C@H]1CN(Cc2ccccc2)CCO1. The third kappa shape index (κ3) is 5.56. The largest absolute Gasteiger partial charge is 0.484 e. The zero-order valence-corrected chi connectivity index (χ0v) is 16.4. The molecule has 0 radical (unpaired) electrons.